The Kier molecular flexibility index (Phi) is 5.20. The van der Waals surface area contributed by atoms with Crippen molar-refractivity contribution in [1.29, 1.82) is 0 Å². The van der Waals surface area contributed by atoms with Crippen molar-refractivity contribution in [1.82, 2.24) is 5.32 Å². The molecular formula is C15H12Cl2N2O2. The molecule has 0 bridgehead atoms. The van der Waals surface area contributed by atoms with Crippen LogP contribution in [0.2, 0.25) is 10.0 Å². The summed E-state index contributed by atoms with van der Waals surface area (Å²) in [5.74, 6) is -0.732. The highest BCUT2D eigenvalue weighted by Crippen LogP contribution is 2.15. The van der Waals surface area contributed by atoms with Crippen LogP contribution < -0.4 is 10.6 Å². The van der Waals surface area contributed by atoms with Gasteiger partial charge in [0.25, 0.3) is 5.91 Å². The summed E-state index contributed by atoms with van der Waals surface area (Å²) >= 11 is 11.7. The minimum atomic E-state index is -0.396. The Bertz CT molecular complexity index is 657. The lowest BCUT2D eigenvalue weighted by molar-refractivity contribution is -0.115. The van der Waals surface area contributed by atoms with E-state index < -0.39 is 5.91 Å². The Hall–Kier alpha value is -2.04. The number of carbonyl (C=O) groups excluding carboxylic acids is 2. The third-order valence-corrected chi connectivity index (χ3v) is 3.24. The molecule has 2 rings (SSSR count). The second kappa shape index (κ2) is 7.11. The van der Waals surface area contributed by atoms with Crippen molar-refractivity contribution in [3.8, 4) is 0 Å². The molecule has 0 fully saturated rings. The SMILES string of the molecule is O=C(CNC(=O)c1ccccc1Cl)Nc1ccc(Cl)cc1. The van der Waals surface area contributed by atoms with Crippen LogP contribution in [0.3, 0.4) is 0 Å². The fourth-order valence-electron chi connectivity index (χ4n) is 1.64. The molecule has 0 aliphatic carbocycles. The zero-order chi connectivity index (χ0) is 15.2. The molecule has 0 aliphatic rings. The first kappa shape index (κ1) is 15.4. The van der Waals surface area contributed by atoms with Crippen LogP contribution in [-0.4, -0.2) is 18.4 Å². The van der Waals surface area contributed by atoms with Crippen molar-refractivity contribution in [2.45, 2.75) is 0 Å². The predicted octanol–water partition coefficient (Wildman–Crippen LogP) is 3.36. The fraction of sp³-hybridized carbons (Fsp3) is 0.0667. The lowest BCUT2D eigenvalue weighted by Gasteiger charge is -2.08. The van der Waals surface area contributed by atoms with E-state index in [0.29, 0.717) is 21.3 Å². The number of amides is 2. The van der Waals surface area contributed by atoms with Gasteiger partial charge in [-0.15, -0.1) is 0 Å². The van der Waals surface area contributed by atoms with Crippen LogP contribution in [0.25, 0.3) is 0 Å². The molecule has 2 amide bonds. The smallest absolute Gasteiger partial charge is 0.253 e. The van der Waals surface area contributed by atoms with Gasteiger partial charge in [0, 0.05) is 10.7 Å². The maximum atomic E-state index is 11.9. The van der Waals surface area contributed by atoms with E-state index in [1.165, 1.54) is 0 Å². The largest absolute Gasteiger partial charge is 0.343 e. The van der Waals surface area contributed by atoms with E-state index in [0.717, 1.165) is 0 Å². The van der Waals surface area contributed by atoms with Crippen LogP contribution >= 0.6 is 23.2 Å². The first-order valence-corrected chi connectivity index (χ1v) is 6.90. The number of carbonyl (C=O) groups is 2. The van der Waals surface area contributed by atoms with Gasteiger partial charge in [0.1, 0.15) is 0 Å². The Morgan fingerprint density at radius 3 is 2.29 bits per heavy atom. The summed E-state index contributed by atoms with van der Waals surface area (Å²) < 4.78 is 0. The van der Waals surface area contributed by atoms with Gasteiger partial charge in [0.2, 0.25) is 5.91 Å². The molecule has 0 radical (unpaired) electrons. The van der Waals surface area contributed by atoms with Crippen LogP contribution in [0.4, 0.5) is 5.69 Å². The van der Waals surface area contributed by atoms with Crippen LogP contribution in [0, 0.1) is 0 Å². The molecule has 4 nitrogen and oxygen atoms in total. The maximum absolute atomic E-state index is 11.9. The Balaban J connectivity index is 1.88. The normalized spacial score (nSPS) is 10.0. The highest BCUT2D eigenvalue weighted by atomic mass is 35.5. The molecule has 0 atom stereocenters. The zero-order valence-electron chi connectivity index (χ0n) is 10.9. The van der Waals surface area contributed by atoms with Crippen molar-refractivity contribution in [2.75, 3.05) is 11.9 Å². The minimum Gasteiger partial charge on any atom is -0.343 e. The van der Waals surface area contributed by atoms with Gasteiger partial charge in [-0.25, -0.2) is 0 Å². The second-order valence-electron chi connectivity index (χ2n) is 4.22. The van der Waals surface area contributed by atoms with E-state index in [9.17, 15) is 9.59 Å². The third-order valence-electron chi connectivity index (χ3n) is 2.66. The van der Waals surface area contributed by atoms with Gasteiger partial charge in [-0.3, -0.25) is 9.59 Å². The van der Waals surface area contributed by atoms with Crippen LogP contribution in [-0.2, 0) is 4.79 Å². The van der Waals surface area contributed by atoms with Crippen LogP contribution in [0.1, 0.15) is 10.4 Å². The second-order valence-corrected chi connectivity index (χ2v) is 5.06. The Labute approximate surface area is 132 Å². The van der Waals surface area contributed by atoms with E-state index in [2.05, 4.69) is 10.6 Å². The monoisotopic (exact) mass is 322 g/mol. The first-order chi connectivity index (χ1) is 10.1. The molecule has 0 spiro atoms. The van der Waals surface area contributed by atoms with Gasteiger partial charge in [-0.1, -0.05) is 35.3 Å². The van der Waals surface area contributed by atoms with E-state index in [-0.39, 0.29) is 12.5 Å². The molecule has 6 heteroatoms. The summed E-state index contributed by atoms with van der Waals surface area (Å²) in [5, 5.41) is 6.08. The predicted molar refractivity (Wildman–Crippen MR) is 83.9 cm³/mol. The maximum Gasteiger partial charge on any atom is 0.253 e. The first-order valence-electron chi connectivity index (χ1n) is 6.14. The van der Waals surface area contributed by atoms with Crippen molar-refractivity contribution in [2.24, 2.45) is 0 Å². The van der Waals surface area contributed by atoms with E-state index in [4.69, 9.17) is 23.2 Å². The molecule has 21 heavy (non-hydrogen) atoms. The molecule has 0 aromatic heterocycles. The summed E-state index contributed by atoms with van der Waals surface area (Å²) in [6, 6.07) is 13.3. The van der Waals surface area contributed by atoms with Gasteiger partial charge in [-0.05, 0) is 36.4 Å². The molecule has 0 saturated carbocycles. The van der Waals surface area contributed by atoms with Gasteiger partial charge in [0.05, 0.1) is 17.1 Å². The van der Waals surface area contributed by atoms with Crippen molar-refractivity contribution in [3.05, 3.63) is 64.1 Å². The number of hydrogen-bond donors (Lipinski definition) is 2. The van der Waals surface area contributed by atoms with Gasteiger partial charge >= 0.3 is 0 Å². The molecule has 0 heterocycles. The standard InChI is InChI=1S/C15H12Cl2N2O2/c16-10-5-7-11(8-6-10)19-14(20)9-18-15(21)12-3-1-2-4-13(12)17/h1-8H,9H2,(H,18,21)(H,19,20). The third kappa shape index (κ3) is 4.48. The lowest BCUT2D eigenvalue weighted by Crippen LogP contribution is -2.32. The van der Waals surface area contributed by atoms with E-state index in [1.807, 2.05) is 0 Å². The molecule has 2 aromatic carbocycles. The van der Waals surface area contributed by atoms with Crippen LogP contribution in [0.5, 0.6) is 0 Å². The van der Waals surface area contributed by atoms with E-state index in [1.54, 1.807) is 48.5 Å². The molecule has 0 aliphatic heterocycles. The fourth-order valence-corrected chi connectivity index (χ4v) is 1.99. The molecular weight excluding hydrogens is 311 g/mol. The molecule has 108 valence electrons. The number of nitrogens with one attached hydrogen (secondary N) is 2. The van der Waals surface area contributed by atoms with Crippen molar-refractivity contribution >= 4 is 40.7 Å². The number of halogens is 2. The number of rotatable bonds is 4. The summed E-state index contributed by atoms with van der Waals surface area (Å²) in [6.45, 7) is -0.146. The average Bonchev–Trinajstić information content (AvgIpc) is 2.48. The van der Waals surface area contributed by atoms with Crippen molar-refractivity contribution < 1.29 is 9.59 Å². The Morgan fingerprint density at radius 1 is 0.952 bits per heavy atom. The summed E-state index contributed by atoms with van der Waals surface area (Å²) in [4.78, 5) is 23.6. The number of benzene rings is 2. The number of anilines is 1. The minimum absolute atomic E-state index is 0.146. The van der Waals surface area contributed by atoms with Crippen molar-refractivity contribution in [3.63, 3.8) is 0 Å². The van der Waals surface area contributed by atoms with Gasteiger partial charge in [-0.2, -0.15) is 0 Å². The van der Waals surface area contributed by atoms with Gasteiger partial charge in [0.15, 0.2) is 0 Å². The highest BCUT2D eigenvalue weighted by Gasteiger charge is 2.10. The average molecular weight is 323 g/mol. The summed E-state index contributed by atoms with van der Waals surface area (Å²) in [5.41, 5.74) is 0.940. The molecule has 0 saturated heterocycles. The van der Waals surface area contributed by atoms with E-state index >= 15 is 0 Å². The molecule has 2 aromatic rings. The topological polar surface area (TPSA) is 58.2 Å². The van der Waals surface area contributed by atoms with Gasteiger partial charge < -0.3 is 10.6 Å². The lowest BCUT2D eigenvalue weighted by atomic mass is 10.2. The molecule has 2 N–H and O–H groups in total. The highest BCUT2D eigenvalue weighted by molar-refractivity contribution is 6.33. The summed E-state index contributed by atoms with van der Waals surface area (Å²) in [7, 11) is 0. The Morgan fingerprint density at radius 2 is 1.62 bits per heavy atom. The summed E-state index contributed by atoms with van der Waals surface area (Å²) in [6.07, 6.45) is 0. The molecule has 0 unspecified atom stereocenters. The van der Waals surface area contributed by atoms with Crippen LogP contribution in [0.15, 0.2) is 48.5 Å². The quantitative estimate of drug-likeness (QED) is 0.906. The zero-order valence-corrected chi connectivity index (χ0v) is 12.4. The number of hydrogen-bond acceptors (Lipinski definition) is 2.